The number of phenols is 2. The maximum absolute atomic E-state index is 11.0. The number of carbonyl (C=O) groups excluding carboxylic acids is 1. The first-order valence-corrected chi connectivity index (χ1v) is 13.3. The molecule has 0 unspecified atom stereocenters. The third kappa shape index (κ3) is 6.59. The highest BCUT2D eigenvalue weighted by molar-refractivity contribution is 6.06. The SMILES string of the molecule is C#CC(=O)NCCCOCCCc1ccc2c(c1)nc(N)c1nc(CCCC)n(Cc3cccc(O)c3O)c12. The van der Waals surface area contributed by atoms with Crippen molar-refractivity contribution in [2.75, 3.05) is 25.5 Å². The number of ether oxygens (including phenoxy) is 1. The number of amides is 1. The fraction of sp³-hybridized carbons (Fsp3) is 0.367. The topological polar surface area (TPSA) is 136 Å². The molecule has 0 spiro atoms. The molecule has 39 heavy (non-hydrogen) atoms. The Bertz CT molecular complexity index is 1510. The summed E-state index contributed by atoms with van der Waals surface area (Å²) in [6.45, 7) is 4.14. The van der Waals surface area contributed by atoms with Crippen LogP contribution in [-0.2, 0) is 28.9 Å². The Hall–Kier alpha value is -4.29. The Labute approximate surface area is 228 Å². The number of hydrogen-bond donors (Lipinski definition) is 4. The van der Waals surface area contributed by atoms with E-state index in [2.05, 4.69) is 40.0 Å². The van der Waals surface area contributed by atoms with Crippen LogP contribution in [0.15, 0.2) is 36.4 Å². The summed E-state index contributed by atoms with van der Waals surface area (Å²) in [5.41, 5.74) is 10.4. The Balaban J connectivity index is 1.54. The molecule has 5 N–H and O–H groups in total. The number of aromatic hydroxyl groups is 2. The summed E-state index contributed by atoms with van der Waals surface area (Å²) in [5.74, 6) is 2.57. The number of carbonyl (C=O) groups is 1. The van der Waals surface area contributed by atoms with Crippen molar-refractivity contribution in [3.63, 3.8) is 0 Å². The number of unbranched alkanes of at least 4 members (excludes halogenated alkanes) is 1. The largest absolute Gasteiger partial charge is 0.504 e. The lowest BCUT2D eigenvalue weighted by atomic mass is 10.1. The molecule has 0 fully saturated rings. The number of fused-ring (bicyclic) bond motifs is 3. The van der Waals surface area contributed by atoms with Crippen LogP contribution in [0.4, 0.5) is 5.82 Å². The van der Waals surface area contributed by atoms with Crippen molar-refractivity contribution < 1.29 is 19.7 Å². The predicted octanol–water partition coefficient (Wildman–Crippen LogP) is 4.06. The van der Waals surface area contributed by atoms with E-state index in [0.29, 0.717) is 49.6 Å². The molecule has 0 aliphatic rings. The molecule has 1 amide bonds. The molecule has 0 saturated heterocycles. The number of nitrogens with two attached hydrogens (primary N) is 1. The fourth-order valence-corrected chi connectivity index (χ4v) is 4.64. The third-order valence-electron chi connectivity index (χ3n) is 6.66. The molecule has 0 aliphatic carbocycles. The second-order valence-corrected chi connectivity index (χ2v) is 9.52. The van der Waals surface area contributed by atoms with Crippen molar-refractivity contribution in [2.24, 2.45) is 0 Å². The number of nitrogens with one attached hydrogen (secondary N) is 1. The molecule has 2 heterocycles. The average molecular weight is 530 g/mol. The minimum atomic E-state index is -0.407. The van der Waals surface area contributed by atoms with Gasteiger partial charge in [-0.25, -0.2) is 9.97 Å². The number of rotatable bonds is 13. The molecule has 0 aliphatic heterocycles. The van der Waals surface area contributed by atoms with E-state index in [-0.39, 0.29) is 11.5 Å². The molecule has 4 rings (SSSR count). The average Bonchev–Trinajstić information content (AvgIpc) is 3.30. The zero-order chi connectivity index (χ0) is 27.8. The maximum Gasteiger partial charge on any atom is 0.295 e. The van der Waals surface area contributed by atoms with Crippen LogP contribution >= 0.6 is 0 Å². The summed E-state index contributed by atoms with van der Waals surface area (Å²) >= 11 is 0. The highest BCUT2D eigenvalue weighted by atomic mass is 16.5. The van der Waals surface area contributed by atoms with Crippen LogP contribution in [0.5, 0.6) is 11.5 Å². The second kappa shape index (κ2) is 13.0. The van der Waals surface area contributed by atoms with Crippen LogP contribution in [0.25, 0.3) is 21.9 Å². The summed E-state index contributed by atoms with van der Waals surface area (Å²) in [7, 11) is 0. The molecular formula is C30H35N5O4. The van der Waals surface area contributed by atoms with Gasteiger partial charge in [-0.05, 0) is 49.3 Å². The van der Waals surface area contributed by atoms with E-state index in [1.165, 1.54) is 6.07 Å². The second-order valence-electron chi connectivity index (χ2n) is 9.52. The molecule has 9 heteroatoms. The van der Waals surface area contributed by atoms with Gasteiger partial charge in [-0.15, -0.1) is 6.42 Å². The first-order chi connectivity index (χ1) is 18.9. The van der Waals surface area contributed by atoms with Gasteiger partial charge in [-0.3, -0.25) is 4.79 Å². The molecule has 204 valence electrons. The summed E-state index contributed by atoms with van der Waals surface area (Å²) in [6, 6.07) is 11.2. The van der Waals surface area contributed by atoms with E-state index in [9.17, 15) is 15.0 Å². The van der Waals surface area contributed by atoms with E-state index in [1.807, 2.05) is 5.92 Å². The Morgan fingerprint density at radius 1 is 1.13 bits per heavy atom. The molecule has 0 atom stereocenters. The van der Waals surface area contributed by atoms with Crippen LogP contribution in [0.1, 0.15) is 49.6 Å². The van der Waals surface area contributed by atoms with Gasteiger partial charge in [0, 0.05) is 37.1 Å². The van der Waals surface area contributed by atoms with Gasteiger partial charge in [0.2, 0.25) is 0 Å². The number of anilines is 1. The first-order valence-electron chi connectivity index (χ1n) is 13.3. The Morgan fingerprint density at radius 2 is 1.95 bits per heavy atom. The van der Waals surface area contributed by atoms with Crippen LogP contribution in [0, 0.1) is 12.3 Å². The third-order valence-corrected chi connectivity index (χ3v) is 6.66. The van der Waals surface area contributed by atoms with Crippen molar-refractivity contribution in [3.8, 4) is 23.8 Å². The van der Waals surface area contributed by atoms with Gasteiger partial charge in [0.15, 0.2) is 17.3 Å². The number of para-hydroxylation sites is 1. The highest BCUT2D eigenvalue weighted by Crippen LogP contribution is 2.34. The van der Waals surface area contributed by atoms with Gasteiger partial charge < -0.3 is 30.6 Å². The summed E-state index contributed by atoms with van der Waals surface area (Å²) in [5, 5.41) is 24.1. The van der Waals surface area contributed by atoms with Gasteiger partial charge in [0.1, 0.15) is 11.3 Å². The number of nitrogen functional groups attached to an aromatic ring is 1. The number of aromatic nitrogens is 3. The summed E-state index contributed by atoms with van der Waals surface area (Å²) in [6.07, 6.45) is 10.1. The number of nitrogens with zero attached hydrogens (tertiary/aromatic N) is 3. The number of hydrogen-bond acceptors (Lipinski definition) is 7. The van der Waals surface area contributed by atoms with Crippen molar-refractivity contribution in [1.82, 2.24) is 19.9 Å². The normalized spacial score (nSPS) is 11.2. The molecule has 0 bridgehead atoms. The number of terminal acetylenes is 1. The highest BCUT2D eigenvalue weighted by Gasteiger charge is 2.19. The first kappa shape index (κ1) is 27.7. The standard InChI is InChI=1S/C30H35N5O4/c1-3-5-12-25-34-27-28(35(25)19-21-10-6-11-24(36)29(21)38)22-14-13-20(18-23(22)33-30(27)31)9-7-16-39-17-8-15-32-26(37)4-2/h2,6,10-11,13-14,18,36,38H,3,5,7-9,12,15-17,19H2,1H3,(H2,31,33)(H,32,37). The predicted molar refractivity (Wildman–Crippen MR) is 153 cm³/mol. The molecule has 4 aromatic rings. The van der Waals surface area contributed by atoms with Crippen molar-refractivity contribution in [1.29, 1.82) is 0 Å². The van der Waals surface area contributed by atoms with Gasteiger partial charge in [0.05, 0.1) is 17.6 Å². The number of benzene rings is 2. The quantitative estimate of drug-likeness (QED) is 0.117. The number of phenolic OH excluding ortho intramolecular Hbond substituents is 2. The zero-order valence-electron chi connectivity index (χ0n) is 22.2. The van der Waals surface area contributed by atoms with Crippen molar-refractivity contribution in [2.45, 2.75) is 52.0 Å². The molecule has 2 aromatic heterocycles. The lowest BCUT2D eigenvalue weighted by molar-refractivity contribution is -0.115. The van der Waals surface area contributed by atoms with E-state index >= 15 is 0 Å². The number of imidazole rings is 1. The lowest BCUT2D eigenvalue weighted by Crippen LogP contribution is -2.23. The monoisotopic (exact) mass is 529 g/mol. The molecule has 0 radical (unpaired) electrons. The minimum absolute atomic E-state index is 0.131. The number of pyridine rings is 1. The van der Waals surface area contributed by atoms with Crippen LogP contribution < -0.4 is 11.1 Å². The van der Waals surface area contributed by atoms with E-state index in [0.717, 1.165) is 59.9 Å². The smallest absolute Gasteiger partial charge is 0.295 e. The van der Waals surface area contributed by atoms with Crippen LogP contribution in [0.2, 0.25) is 0 Å². The van der Waals surface area contributed by atoms with Gasteiger partial charge in [-0.2, -0.15) is 0 Å². The van der Waals surface area contributed by atoms with Gasteiger partial charge >= 0.3 is 0 Å². The van der Waals surface area contributed by atoms with Crippen LogP contribution in [0.3, 0.4) is 0 Å². The minimum Gasteiger partial charge on any atom is -0.504 e. The lowest BCUT2D eigenvalue weighted by Gasteiger charge is -2.13. The van der Waals surface area contributed by atoms with Crippen molar-refractivity contribution >= 4 is 33.7 Å². The van der Waals surface area contributed by atoms with Crippen LogP contribution in [-0.4, -0.2) is 50.4 Å². The summed E-state index contributed by atoms with van der Waals surface area (Å²) < 4.78 is 7.75. The molecule has 2 aromatic carbocycles. The van der Waals surface area contributed by atoms with Gasteiger partial charge in [-0.1, -0.05) is 37.6 Å². The Kier molecular flexibility index (Phi) is 9.23. The molecule has 9 nitrogen and oxygen atoms in total. The zero-order valence-corrected chi connectivity index (χ0v) is 22.2. The van der Waals surface area contributed by atoms with E-state index in [1.54, 1.807) is 12.1 Å². The van der Waals surface area contributed by atoms with Gasteiger partial charge in [0.25, 0.3) is 5.91 Å². The molecule has 0 saturated carbocycles. The summed E-state index contributed by atoms with van der Waals surface area (Å²) in [4.78, 5) is 20.6. The van der Waals surface area contributed by atoms with Crippen molar-refractivity contribution in [3.05, 3.63) is 53.3 Å². The van der Waals surface area contributed by atoms with E-state index < -0.39 is 5.91 Å². The van der Waals surface area contributed by atoms with E-state index in [4.69, 9.17) is 21.9 Å². The molecular weight excluding hydrogens is 494 g/mol. The number of aryl methyl sites for hydroxylation is 2. The Morgan fingerprint density at radius 3 is 2.74 bits per heavy atom. The fourth-order valence-electron chi connectivity index (χ4n) is 4.64. The maximum atomic E-state index is 11.0.